The molecule has 0 radical (unpaired) electrons. The highest BCUT2D eigenvalue weighted by atomic mass is 32.1. The van der Waals surface area contributed by atoms with Crippen molar-refractivity contribution in [2.75, 3.05) is 6.61 Å². The van der Waals surface area contributed by atoms with Gasteiger partial charge in [0.1, 0.15) is 11.6 Å². The van der Waals surface area contributed by atoms with E-state index in [1.165, 1.54) is 22.5 Å². The van der Waals surface area contributed by atoms with E-state index < -0.39 is 18.1 Å². The van der Waals surface area contributed by atoms with Crippen molar-refractivity contribution in [3.63, 3.8) is 0 Å². The molecule has 1 atom stereocenters. The van der Waals surface area contributed by atoms with Crippen LogP contribution in [0, 0.1) is 0 Å². The molecule has 0 fully saturated rings. The Balaban J connectivity index is 1.26. The van der Waals surface area contributed by atoms with Gasteiger partial charge in [-0.25, -0.2) is 9.78 Å². The Labute approximate surface area is 201 Å². The third-order valence-electron chi connectivity index (χ3n) is 5.56. The summed E-state index contributed by atoms with van der Waals surface area (Å²) < 4.78 is 5.52. The number of thiazole rings is 1. The SMILES string of the molecule is C[C@@H](CC(=O)O)NC(=O)Cc1csc(CNC(=O)OCC2c3ccccc3-c3ccccc32)n1. The van der Waals surface area contributed by atoms with E-state index in [-0.39, 0.29) is 37.8 Å². The van der Waals surface area contributed by atoms with Gasteiger partial charge in [0.05, 0.1) is 25.1 Å². The van der Waals surface area contributed by atoms with Gasteiger partial charge in [0.25, 0.3) is 0 Å². The van der Waals surface area contributed by atoms with Crippen molar-refractivity contribution in [2.24, 2.45) is 0 Å². The number of carboxylic acids is 1. The van der Waals surface area contributed by atoms with Gasteiger partial charge in [-0.3, -0.25) is 9.59 Å². The van der Waals surface area contributed by atoms with E-state index in [0.717, 1.165) is 11.1 Å². The first-order valence-electron chi connectivity index (χ1n) is 10.9. The summed E-state index contributed by atoms with van der Waals surface area (Å²) >= 11 is 1.33. The summed E-state index contributed by atoms with van der Waals surface area (Å²) in [7, 11) is 0. The molecule has 0 bridgehead atoms. The molecule has 1 aliphatic carbocycles. The zero-order valence-electron chi connectivity index (χ0n) is 18.6. The lowest BCUT2D eigenvalue weighted by Crippen LogP contribution is -2.35. The predicted octanol–water partition coefficient (Wildman–Crippen LogP) is 3.70. The van der Waals surface area contributed by atoms with Crippen LogP contribution in [0.25, 0.3) is 11.1 Å². The number of hydrogen-bond donors (Lipinski definition) is 3. The number of carbonyl (C=O) groups is 3. The van der Waals surface area contributed by atoms with Gasteiger partial charge in [-0.15, -0.1) is 11.3 Å². The van der Waals surface area contributed by atoms with Crippen molar-refractivity contribution in [1.82, 2.24) is 15.6 Å². The van der Waals surface area contributed by atoms with Gasteiger partial charge in [0.15, 0.2) is 0 Å². The molecule has 2 aromatic carbocycles. The minimum absolute atomic E-state index is 0.00773. The first kappa shape index (κ1) is 23.4. The number of benzene rings is 2. The quantitative estimate of drug-likeness (QED) is 0.431. The molecule has 3 aromatic rings. The highest BCUT2D eigenvalue weighted by molar-refractivity contribution is 7.09. The molecule has 0 saturated carbocycles. The largest absolute Gasteiger partial charge is 0.481 e. The van der Waals surface area contributed by atoms with E-state index in [2.05, 4.69) is 39.9 Å². The molecule has 8 nitrogen and oxygen atoms in total. The molecule has 0 aliphatic heterocycles. The maximum atomic E-state index is 12.3. The minimum atomic E-state index is -0.969. The van der Waals surface area contributed by atoms with Crippen molar-refractivity contribution in [3.05, 3.63) is 75.7 Å². The maximum Gasteiger partial charge on any atom is 0.407 e. The second-order valence-corrected chi connectivity index (χ2v) is 9.10. The molecule has 176 valence electrons. The Morgan fingerprint density at radius 2 is 1.74 bits per heavy atom. The number of fused-ring (bicyclic) bond motifs is 3. The maximum absolute atomic E-state index is 12.3. The van der Waals surface area contributed by atoms with E-state index in [1.807, 2.05) is 24.3 Å². The molecule has 4 rings (SSSR count). The first-order valence-corrected chi connectivity index (χ1v) is 11.8. The minimum Gasteiger partial charge on any atom is -0.481 e. The number of ether oxygens (including phenoxy) is 1. The molecule has 0 spiro atoms. The number of amides is 2. The first-order chi connectivity index (χ1) is 16.4. The number of nitrogens with one attached hydrogen (secondary N) is 2. The van der Waals surface area contributed by atoms with Crippen molar-refractivity contribution in [1.29, 1.82) is 0 Å². The Bertz CT molecular complexity index is 1160. The lowest BCUT2D eigenvalue weighted by Gasteiger charge is -2.14. The molecular formula is C25H25N3O5S. The summed E-state index contributed by atoms with van der Waals surface area (Å²) in [4.78, 5) is 39.4. The number of carboxylic acid groups (broad SMARTS) is 1. The van der Waals surface area contributed by atoms with E-state index >= 15 is 0 Å². The van der Waals surface area contributed by atoms with Gasteiger partial charge in [0, 0.05) is 17.3 Å². The predicted molar refractivity (Wildman–Crippen MR) is 128 cm³/mol. The van der Waals surface area contributed by atoms with Crippen molar-refractivity contribution in [2.45, 2.75) is 38.3 Å². The standard InChI is InChI=1S/C25H25N3O5S/c1-15(10-24(30)31)27-22(29)11-16-14-34-23(28-16)12-26-25(32)33-13-21-19-8-4-2-6-17(19)18-7-3-5-9-20(18)21/h2-9,14-15,21H,10-13H2,1H3,(H,26,32)(H,27,29)(H,30,31)/t15-/m0/s1. The smallest absolute Gasteiger partial charge is 0.407 e. The Kier molecular flexibility index (Phi) is 7.22. The van der Waals surface area contributed by atoms with Crippen LogP contribution in [0.5, 0.6) is 0 Å². The van der Waals surface area contributed by atoms with Gasteiger partial charge < -0.3 is 20.5 Å². The lowest BCUT2D eigenvalue weighted by molar-refractivity contribution is -0.137. The molecule has 0 saturated heterocycles. The van der Waals surface area contributed by atoms with Crippen LogP contribution in [-0.4, -0.2) is 40.7 Å². The number of rotatable bonds is 9. The number of hydrogen-bond acceptors (Lipinski definition) is 6. The second-order valence-electron chi connectivity index (χ2n) is 8.15. The van der Waals surface area contributed by atoms with Crippen LogP contribution >= 0.6 is 11.3 Å². The zero-order chi connectivity index (χ0) is 24.1. The average molecular weight is 480 g/mol. The summed E-state index contributed by atoms with van der Waals surface area (Å²) in [6.07, 6.45) is -0.623. The van der Waals surface area contributed by atoms with E-state index in [4.69, 9.17) is 9.84 Å². The average Bonchev–Trinajstić information content (AvgIpc) is 3.37. The summed E-state index contributed by atoms with van der Waals surface area (Å²) in [6, 6.07) is 15.8. The molecule has 3 N–H and O–H groups in total. The lowest BCUT2D eigenvalue weighted by atomic mass is 9.98. The van der Waals surface area contributed by atoms with Gasteiger partial charge >= 0.3 is 12.1 Å². The molecule has 0 unspecified atom stereocenters. The number of alkyl carbamates (subject to hydrolysis) is 1. The molecule has 34 heavy (non-hydrogen) atoms. The van der Waals surface area contributed by atoms with Crippen LogP contribution in [0.3, 0.4) is 0 Å². The van der Waals surface area contributed by atoms with Crippen molar-refractivity contribution in [3.8, 4) is 11.1 Å². The molecule has 1 aromatic heterocycles. The van der Waals surface area contributed by atoms with Crippen molar-refractivity contribution < 1.29 is 24.2 Å². The Hall–Kier alpha value is -3.72. The molecule has 1 heterocycles. The zero-order valence-corrected chi connectivity index (χ0v) is 19.4. The highest BCUT2D eigenvalue weighted by Crippen LogP contribution is 2.44. The van der Waals surface area contributed by atoms with Gasteiger partial charge in [-0.05, 0) is 29.2 Å². The Morgan fingerprint density at radius 3 is 2.38 bits per heavy atom. The van der Waals surface area contributed by atoms with E-state index in [9.17, 15) is 14.4 Å². The summed E-state index contributed by atoms with van der Waals surface area (Å²) in [5.74, 6) is -1.27. The third kappa shape index (κ3) is 5.60. The molecule has 2 amide bonds. The fourth-order valence-corrected chi connectivity index (χ4v) is 4.85. The van der Waals surface area contributed by atoms with Crippen LogP contribution in [0.15, 0.2) is 53.9 Å². The Morgan fingerprint density at radius 1 is 1.09 bits per heavy atom. The van der Waals surface area contributed by atoms with Gasteiger partial charge in [-0.1, -0.05) is 48.5 Å². The number of aliphatic carboxylic acids is 1. The van der Waals surface area contributed by atoms with E-state index in [0.29, 0.717) is 10.7 Å². The molecule has 1 aliphatic rings. The molecule has 9 heteroatoms. The monoisotopic (exact) mass is 479 g/mol. The summed E-state index contributed by atoms with van der Waals surface area (Å²) in [5.41, 5.74) is 5.20. The summed E-state index contributed by atoms with van der Waals surface area (Å²) in [5, 5.41) is 16.5. The van der Waals surface area contributed by atoms with Gasteiger partial charge in [0.2, 0.25) is 5.91 Å². The second kappa shape index (κ2) is 10.5. The van der Waals surface area contributed by atoms with Crippen LogP contribution in [0.1, 0.15) is 41.1 Å². The number of carbonyl (C=O) groups excluding carboxylic acids is 2. The number of aromatic nitrogens is 1. The molecular weight excluding hydrogens is 454 g/mol. The van der Waals surface area contributed by atoms with Crippen LogP contribution in [0.2, 0.25) is 0 Å². The highest BCUT2D eigenvalue weighted by Gasteiger charge is 2.29. The normalized spacial score (nSPS) is 13.0. The fraction of sp³-hybridized carbons (Fsp3) is 0.280. The van der Waals surface area contributed by atoms with E-state index in [1.54, 1.807) is 12.3 Å². The van der Waals surface area contributed by atoms with Crippen LogP contribution < -0.4 is 10.6 Å². The van der Waals surface area contributed by atoms with Crippen LogP contribution in [-0.2, 0) is 27.3 Å². The van der Waals surface area contributed by atoms with Gasteiger partial charge in [-0.2, -0.15) is 0 Å². The number of nitrogens with zero attached hydrogens (tertiary/aromatic N) is 1. The fourth-order valence-electron chi connectivity index (χ4n) is 4.11. The topological polar surface area (TPSA) is 118 Å². The van der Waals surface area contributed by atoms with Crippen molar-refractivity contribution >= 4 is 29.3 Å². The summed E-state index contributed by atoms with van der Waals surface area (Å²) in [6.45, 7) is 2.06. The van der Waals surface area contributed by atoms with Crippen LogP contribution in [0.4, 0.5) is 4.79 Å². The third-order valence-corrected chi connectivity index (χ3v) is 6.45.